The highest BCUT2D eigenvalue weighted by molar-refractivity contribution is 6.19. The van der Waals surface area contributed by atoms with Crippen LogP contribution >= 0.6 is 0 Å². The molecule has 0 fully saturated rings. The Kier molecular flexibility index (Phi) is 3.26. The van der Waals surface area contributed by atoms with Gasteiger partial charge < -0.3 is 4.74 Å². The fourth-order valence-corrected chi connectivity index (χ4v) is 2.33. The van der Waals surface area contributed by atoms with Crippen LogP contribution in [-0.2, 0) is 9.53 Å². The van der Waals surface area contributed by atoms with Crippen LogP contribution in [0.25, 0.3) is 5.57 Å². The third-order valence-electron chi connectivity index (χ3n) is 3.22. The molecule has 1 heterocycles. The molecule has 0 aromatic heterocycles. The highest BCUT2D eigenvalue weighted by Crippen LogP contribution is 2.36. The Morgan fingerprint density at radius 2 is 1.83 bits per heavy atom. The Bertz CT molecular complexity index is 490. The van der Waals surface area contributed by atoms with Crippen molar-refractivity contribution in [2.75, 3.05) is 0 Å². The number of nitrogens with one attached hydrogen (secondary N) is 1. The molecule has 3 nitrogen and oxygen atoms in total. The van der Waals surface area contributed by atoms with E-state index in [1.54, 1.807) is 0 Å². The van der Waals surface area contributed by atoms with E-state index >= 15 is 0 Å². The molecule has 0 amide bonds. The Labute approximate surface area is 108 Å². The molecule has 1 aromatic carbocycles. The predicted octanol–water partition coefficient (Wildman–Crippen LogP) is 2.73. The number of rotatable bonds is 3. The van der Waals surface area contributed by atoms with Gasteiger partial charge >= 0.3 is 5.97 Å². The smallest absolute Gasteiger partial charge is 0.340 e. The van der Waals surface area contributed by atoms with E-state index in [9.17, 15) is 4.79 Å². The minimum atomic E-state index is -0.698. The maximum atomic E-state index is 12.1. The molecule has 3 heteroatoms. The number of hydrogen-bond donors (Lipinski definition) is 1. The van der Waals surface area contributed by atoms with Crippen LogP contribution in [0.3, 0.4) is 0 Å². The summed E-state index contributed by atoms with van der Waals surface area (Å²) in [5, 5.41) is 3.30. The average Bonchev–Trinajstić information content (AvgIpc) is 2.49. The van der Waals surface area contributed by atoms with Gasteiger partial charge in [-0.1, -0.05) is 30.3 Å². The summed E-state index contributed by atoms with van der Waals surface area (Å²) < 4.78 is 5.51. The van der Waals surface area contributed by atoms with Crippen LogP contribution in [0.15, 0.2) is 35.9 Å². The van der Waals surface area contributed by atoms with Crippen molar-refractivity contribution in [3.63, 3.8) is 0 Å². The molecule has 0 spiro atoms. The summed E-state index contributed by atoms with van der Waals surface area (Å²) in [7, 11) is 0. The fourth-order valence-electron chi connectivity index (χ4n) is 2.33. The molecule has 0 saturated carbocycles. The zero-order chi connectivity index (χ0) is 13.3. The summed E-state index contributed by atoms with van der Waals surface area (Å²) in [5.74, 6) is -0.255. The number of benzene rings is 1. The molecule has 0 bridgehead atoms. The lowest BCUT2D eigenvalue weighted by atomic mass is 9.97. The molecular formula is C15H19NO2. The first-order valence-corrected chi connectivity index (χ1v) is 6.22. The van der Waals surface area contributed by atoms with Crippen LogP contribution in [0.1, 0.15) is 33.3 Å². The summed E-state index contributed by atoms with van der Waals surface area (Å²) in [4.78, 5) is 12.1. The van der Waals surface area contributed by atoms with Gasteiger partial charge in [0.25, 0.3) is 0 Å². The monoisotopic (exact) mass is 245 g/mol. The van der Waals surface area contributed by atoms with E-state index in [1.807, 2.05) is 58.0 Å². The standard InChI is InChI=1S/C15H19NO2/c1-10(2)16-15(4)11(3)13(14(17)18-15)12-8-6-5-7-9-12/h5-10,16H,1-4H3/t15-/m1/s1. The Hall–Kier alpha value is -1.61. The zero-order valence-electron chi connectivity index (χ0n) is 11.3. The van der Waals surface area contributed by atoms with Gasteiger partial charge in [-0.2, -0.15) is 0 Å². The van der Waals surface area contributed by atoms with Crippen molar-refractivity contribution < 1.29 is 9.53 Å². The van der Waals surface area contributed by atoms with Crippen LogP contribution in [0.2, 0.25) is 0 Å². The highest BCUT2D eigenvalue weighted by atomic mass is 16.6. The SMILES string of the molecule is CC1=C(c2ccccc2)C(=O)O[C@@]1(C)NC(C)C. The second-order valence-electron chi connectivity index (χ2n) is 5.09. The Morgan fingerprint density at radius 1 is 1.22 bits per heavy atom. The van der Waals surface area contributed by atoms with Gasteiger partial charge in [-0.3, -0.25) is 5.32 Å². The van der Waals surface area contributed by atoms with Crippen molar-refractivity contribution in [2.45, 2.75) is 39.5 Å². The first-order chi connectivity index (χ1) is 8.44. The lowest BCUT2D eigenvalue weighted by Gasteiger charge is -2.28. The lowest BCUT2D eigenvalue weighted by molar-refractivity contribution is -0.146. The molecular weight excluding hydrogens is 226 g/mol. The Morgan fingerprint density at radius 3 is 2.39 bits per heavy atom. The van der Waals surface area contributed by atoms with Crippen molar-refractivity contribution in [1.29, 1.82) is 0 Å². The summed E-state index contributed by atoms with van der Waals surface area (Å²) in [6.45, 7) is 7.92. The topological polar surface area (TPSA) is 38.3 Å². The molecule has 1 N–H and O–H groups in total. The summed E-state index contributed by atoms with van der Waals surface area (Å²) in [6, 6.07) is 9.89. The highest BCUT2D eigenvalue weighted by Gasteiger charge is 2.42. The van der Waals surface area contributed by atoms with Gasteiger partial charge in [0.2, 0.25) is 0 Å². The second-order valence-corrected chi connectivity index (χ2v) is 5.09. The van der Waals surface area contributed by atoms with Crippen LogP contribution in [-0.4, -0.2) is 17.7 Å². The maximum absolute atomic E-state index is 12.1. The van der Waals surface area contributed by atoms with E-state index in [4.69, 9.17) is 4.74 Å². The van der Waals surface area contributed by atoms with Crippen molar-refractivity contribution in [2.24, 2.45) is 0 Å². The first-order valence-electron chi connectivity index (χ1n) is 6.22. The van der Waals surface area contributed by atoms with Gasteiger partial charge in [-0.15, -0.1) is 0 Å². The van der Waals surface area contributed by atoms with Gasteiger partial charge in [-0.25, -0.2) is 4.79 Å². The van der Waals surface area contributed by atoms with Gasteiger partial charge in [0.15, 0.2) is 5.72 Å². The molecule has 1 aromatic rings. The van der Waals surface area contributed by atoms with Crippen LogP contribution in [0.5, 0.6) is 0 Å². The third-order valence-corrected chi connectivity index (χ3v) is 3.22. The molecule has 0 saturated heterocycles. The number of hydrogen-bond acceptors (Lipinski definition) is 3. The van der Waals surface area contributed by atoms with E-state index in [2.05, 4.69) is 5.32 Å². The Balaban J connectivity index is 2.43. The summed E-state index contributed by atoms with van der Waals surface area (Å²) in [5.41, 5.74) is 1.82. The predicted molar refractivity (Wildman–Crippen MR) is 71.8 cm³/mol. The van der Waals surface area contributed by atoms with Crippen molar-refractivity contribution >= 4 is 11.5 Å². The third kappa shape index (κ3) is 2.18. The van der Waals surface area contributed by atoms with Gasteiger partial charge in [0.05, 0.1) is 5.57 Å². The second kappa shape index (κ2) is 4.58. The summed E-state index contributed by atoms with van der Waals surface area (Å²) >= 11 is 0. The molecule has 1 aliphatic heterocycles. The van der Waals surface area contributed by atoms with E-state index in [1.165, 1.54) is 0 Å². The number of esters is 1. The van der Waals surface area contributed by atoms with Crippen molar-refractivity contribution in [3.8, 4) is 0 Å². The van der Waals surface area contributed by atoms with Gasteiger partial charge in [-0.05, 0) is 33.3 Å². The van der Waals surface area contributed by atoms with Crippen molar-refractivity contribution in [1.82, 2.24) is 5.32 Å². The minimum absolute atomic E-state index is 0.243. The number of ether oxygens (including phenoxy) is 1. The molecule has 96 valence electrons. The molecule has 18 heavy (non-hydrogen) atoms. The van der Waals surface area contributed by atoms with E-state index < -0.39 is 5.72 Å². The lowest BCUT2D eigenvalue weighted by Crippen LogP contribution is -2.47. The van der Waals surface area contributed by atoms with E-state index in [0.29, 0.717) is 5.57 Å². The van der Waals surface area contributed by atoms with E-state index in [0.717, 1.165) is 11.1 Å². The van der Waals surface area contributed by atoms with Crippen molar-refractivity contribution in [3.05, 3.63) is 41.5 Å². The number of carbonyl (C=O) groups is 1. The summed E-state index contributed by atoms with van der Waals surface area (Å²) in [6.07, 6.45) is 0. The minimum Gasteiger partial charge on any atom is -0.437 e. The van der Waals surface area contributed by atoms with Crippen LogP contribution in [0.4, 0.5) is 0 Å². The molecule has 0 unspecified atom stereocenters. The fraction of sp³-hybridized carbons (Fsp3) is 0.400. The molecule has 0 aliphatic carbocycles. The molecule has 1 atom stereocenters. The molecule has 2 rings (SSSR count). The van der Waals surface area contributed by atoms with Crippen LogP contribution < -0.4 is 5.32 Å². The normalized spacial score (nSPS) is 23.7. The maximum Gasteiger partial charge on any atom is 0.340 e. The van der Waals surface area contributed by atoms with Gasteiger partial charge in [0.1, 0.15) is 0 Å². The molecule has 0 radical (unpaired) electrons. The quantitative estimate of drug-likeness (QED) is 0.832. The van der Waals surface area contributed by atoms with Gasteiger partial charge in [0, 0.05) is 11.6 Å². The van der Waals surface area contributed by atoms with E-state index in [-0.39, 0.29) is 12.0 Å². The molecule has 1 aliphatic rings. The van der Waals surface area contributed by atoms with Crippen LogP contribution in [0, 0.1) is 0 Å². The first kappa shape index (κ1) is 12.8. The largest absolute Gasteiger partial charge is 0.437 e. The zero-order valence-corrected chi connectivity index (χ0v) is 11.3. The number of cyclic esters (lactones) is 1. The average molecular weight is 245 g/mol. The number of carbonyl (C=O) groups excluding carboxylic acids is 1.